The van der Waals surface area contributed by atoms with E-state index in [2.05, 4.69) is 4.98 Å². The van der Waals surface area contributed by atoms with Crippen LogP contribution in [0.5, 0.6) is 0 Å². The molecule has 0 saturated heterocycles. The van der Waals surface area contributed by atoms with E-state index in [0.29, 0.717) is 34.9 Å². The van der Waals surface area contributed by atoms with Crippen molar-refractivity contribution < 1.29 is 18.3 Å². The first kappa shape index (κ1) is 16.2. The highest BCUT2D eigenvalue weighted by atomic mass is 32.2. The Labute approximate surface area is 125 Å². The lowest BCUT2D eigenvalue weighted by Gasteiger charge is -2.09. The number of aliphatic hydroxyl groups excluding tert-OH is 1. The zero-order valence-corrected chi connectivity index (χ0v) is 12.5. The number of thioether (sulfide) groups is 1. The van der Waals surface area contributed by atoms with E-state index >= 15 is 0 Å². The van der Waals surface area contributed by atoms with Crippen LogP contribution in [0, 0.1) is 0 Å². The summed E-state index contributed by atoms with van der Waals surface area (Å²) in [4.78, 5) is 4.40. The van der Waals surface area contributed by atoms with Crippen molar-refractivity contribution in [3.8, 4) is 0 Å². The van der Waals surface area contributed by atoms with Crippen LogP contribution >= 0.6 is 11.8 Å². The third kappa shape index (κ3) is 3.71. The molecule has 1 aromatic carbocycles. The van der Waals surface area contributed by atoms with Crippen molar-refractivity contribution in [2.75, 3.05) is 12.4 Å². The van der Waals surface area contributed by atoms with Gasteiger partial charge in [-0.25, -0.2) is 4.98 Å². The molecule has 2 rings (SSSR count). The van der Waals surface area contributed by atoms with Gasteiger partial charge in [0, 0.05) is 18.9 Å². The summed E-state index contributed by atoms with van der Waals surface area (Å²) >= 11 is 1.46. The number of benzene rings is 1. The SMILES string of the molecule is CCCn1c(SCCCO)nc2ccc(C(F)(F)F)cc21. The van der Waals surface area contributed by atoms with E-state index in [9.17, 15) is 13.2 Å². The minimum Gasteiger partial charge on any atom is -0.396 e. The third-order valence-corrected chi connectivity index (χ3v) is 4.08. The standard InChI is InChI=1S/C14H17F3N2OS/c1-2-6-19-12-9-10(14(15,16)17)4-5-11(12)18-13(19)21-8-3-7-20/h4-5,9,20H,2-3,6-8H2,1H3. The van der Waals surface area contributed by atoms with E-state index in [0.717, 1.165) is 18.6 Å². The van der Waals surface area contributed by atoms with E-state index in [4.69, 9.17) is 5.11 Å². The van der Waals surface area contributed by atoms with Crippen LogP contribution in [0.1, 0.15) is 25.3 Å². The fourth-order valence-electron chi connectivity index (χ4n) is 2.05. The van der Waals surface area contributed by atoms with Gasteiger partial charge in [0.25, 0.3) is 0 Å². The summed E-state index contributed by atoms with van der Waals surface area (Å²) in [7, 11) is 0. The number of nitrogens with zero attached hydrogens (tertiary/aromatic N) is 2. The highest BCUT2D eigenvalue weighted by molar-refractivity contribution is 7.99. The zero-order chi connectivity index (χ0) is 15.5. The van der Waals surface area contributed by atoms with Crippen LogP contribution in [-0.2, 0) is 12.7 Å². The second kappa shape index (κ2) is 6.70. The Morgan fingerprint density at radius 3 is 2.71 bits per heavy atom. The second-order valence-electron chi connectivity index (χ2n) is 4.67. The number of alkyl halides is 3. The predicted octanol–water partition coefficient (Wildman–Crippen LogP) is 3.94. The molecule has 2 aromatic rings. The number of hydrogen-bond donors (Lipinski definition) is 1. The molecule has 0 atom stereocenters. The number of halogens is 3. The van der Waals surface area contributed by atoms with Gasteiger partial charge in [-0.3, -0.25) is 0 Å². The number of imidazole rings is 1. The number of aryl methyl sites for hydroxylation is 1. The molecule has 0 unspecified atom stereocenters. The topological polar surface area (TPSA) is 38.0 Å². The van der Waals surface area contributed by atoms with Crippen LogP contribution in [0.15, 0.2) is 23.4 Å². The maximum atomic E-state index is 12.8. The largest absolute Gasteiger partial charge is 0.416 e. The van der Waals surface area contributed by atoms with Gasteiger partial charge in [-0.1, -0.05) is 18.7 Å². The Hall–Kier alpha value is -1.21. The van der Waals surface area contributed by atoms with Gasteiger partial charge in [0.05, 0.1) is 16.6 Å². The zero-order valence-electron chi connectivity index (χ0n) is 11.7. The van der Waals surface area contributed by atoms with Gasteiger partial charge in [0.1, 0.15) is 0 Å². The van der Waals surface area contributed by atoms with Crippen molar-refractivity contribution in [3.05, 3.63) is 23.8 Å². The quantitative estimate of drug-likeness (QED) is 0.647. The summed E-state index contributed by atoms with van der Waals surface area (Å²) in [5.41, 5.74) is 0.431. The van der Waals surface area contributed by atoms with Crippen molar-refractivity contribution in [1.29, 1.82) is 0 Å². The lowest BCUT2D eigenvalue weighted by Crippen LogP contribution is -2.05. The van der Waals surface area contributed by atoms with Gasteiger partial charge in [-0.05, 0) is 31.0 Å². The maximum Gasteiger partial charge on any atom is 0.416 e. The van der Waals surface area contributed by atoms with E-state index in [1.54, 1.807) is 0 Å². The van der Waals surface area contributed by atoms with Crippen LogP contribution < -0.4 is 0 Å². The number of rotatable bonds is 6. The average molecular weight is 318 g/mol. The molecule has 0 aliphatic heterocycles. The van der Waals surface area contributed by atoms with Crippen molar-refractivity contribution in [2.45, 2.75) is 37.6 Å². The Kier molecular flexibility index (Phi) is 5.16. The number of aromatic nitrogens is 2. The summed E-state index contributed by atoms with van der Waals surface area (Å²) in [6.45, 7) is 2.69. The first-order chi connectivity index (χ1) is 9.97. The fraction of sp³-hybridized carbons (Fsp3) is 0.500. The first-order valence-corrected chi connectivity index (χ1v) is 7.77. The normalized spacial score (nSPS) is 12.2. The van der Waals surface area contributed by atoms with Crippen molar-refractivity contribution >= 4 is 22.8 Å². The van der Waals surface area contributed by atoms with Crippen LogP contribution in [0.3, 0.4) is 0 Å². The molecule has 116 valence electrons. The van der Waals surface area contributed by atoms with E-state index in [1.807, 2.05) is 11.5 Å². The van der Waals surface area contributed by atoms with Gasteiger partial charge in [0.15, 0.2) is 5.16 Å². The molecule has 1 N–H and O–H groups in total. The van der Waals surface area contributed by atoms with Gasteiger partial charge in [-0.2, -0.15) is 13.2 Å². The molecule has 0 saturated carbocycles. The highest BCUT2D eigenvalue weighted by Crippen LogP contribution is 2.33. The molecule has 7 heteroatoms. The Morgan fingerprint density at radius 2 is 2.10 bits per heavy atom. The van der Waals surface area contributed by atoms with E-state index < -0.39 is 11.7 Å². The molecule has 0 aliphatic carbocycles. The number of hydrogen-bond acceptors (Lipinski definition) is 3. The maximum absolute atomic E-state index is 12.8. The molecular weight excluding hydrogens is 301 g/mol. The average Bonchev–Trinajstić information content (AvgIpc) is 2.76. The molecule has 1 aromatic heterocycles. The molecule has 0 bridgehead atoms. The summed E-state index contributed by atoms with van der Waals surface area (Å²) < 4.78 is 40.3. The molecule has 1 heterocycles. The Bertz CT molecular complexity index is 610. The van der Waals surface area contributed by atoms with E-state index in [1.165, 1.54) is 17.8 Å². The summed E-state index contributed by atoms with van der Waals surface area (Å²) in [5, 5.41) is 9.53. The van der Waals surface area contributed by atoms with E-state index in [-0.39, 0.29) is 6.61 Å². The summed E-state index contributed by atoms with van der Waals surface area (Å²) in [6.07, 6.45) is -2.90. The number of fused-ring (bicyclic) bond motifs is 1. The molecule has 0 spiro atoms. The van der Waals surface area contributed by atoms with Gasteiger partial charge in [-0.15, -0.1) is 0 Å². The molecule has 0 fully saturated rings. The molecule has 0 radical (unpaired) electrons. The third-order valence-electron chi connectivity index (χ3n) is 3.02. The van der Waals surface area contributed by atoms with Crippen molar-refractivity contribution in [1.82, 2.24) is 9.55 Å². The molecule has 0 amide bonds. The Balaban J connectivity index is 2.43. The minimum absolute atomic E-state index is 0.0965. The monoisotopic (exact) mass is 318 g/mol. The highest BCUT2D eigenvalue weighted by Gasteiger charge is 2.31. The Morgan fingerprint density at radius 1 is 1.33 bits per heavy atom. The van der Waals surface area contributed by atoms with Crippen LogP contribution in [0.25, 0.3) is 11.0 Å². The van der Waals surface area contributed by atoms with Crippen LogP contribution in [0.2, 0.25) is 0 Å². The molecular formula is C14H17F3N2OS. The predicted molar refractivity (Wildman–Crippen MR) is 77.5 cm³/mol. The van der Waals surface area contributed by atoms with Crippen molar-refractivity contribution in [3.63, 3.8) is 0 Å². The number of aliphatic hydroxyl groups is 1. The summed E-state index contributed by atoms with van der Waals surface area (Å²) in [6, 6.07) is 3.64. The molecule has 0 aliphatic rings. The minimum atomic E-state index is -4.35. The van der Waals surface area contributed by atoms with Gasteiger partial charge < -0.3 is 9.67 Å². The molecule has 21 heavy (non-hydrogen) atoms. The van der Waals surface area contributed by atoms with Crippen molar-refractivity contribution in [2.24, 2.45) is 0 Å². The first-order valence-electron chi connectivity index (χ1n) is 6.78. The summed E-state index contributed by atoms with van der Waals surface area (Å²) in [5.74, 6) is 0.690. The van der Waals surface area contributed by atoms with Gasteiger partial charge in [0.2, 0.25) is 0 Å². The van der Waals surface area contributed by atoms with Crippen LogP contribution in [-0.4, -0.2) is 27.0 Å². The lowest BCUT2D eigenvalue weighted by atomic mass is 10.2. The lowest BCUT2D eigenvalue weighted by molar-refractivity contribution is -0.137. The fourth-order valence-corrected chi connectivity index (χ4v) is 3.02. The second-order valence-corrected chi connectivity index (χ2v) is 5.73. The van der Waals surface area contributed by atoms with Gasteiger partial charge >= 0.3 is 6.18 Å². The van der Waals surface area contributed by atoms with Crippen LogP contribution in [0.4, 0.5) is 13.2 Å². The molecule has 3 nitrogen and oxygen atoms in total. The smallest absolute Gasteiger partial charge is 0.396 e.